The summed E-state index contributed by atoms with van der Waals surface area (Å²) in [5.74, 6) is 0.0798. The number of aldehydes is 2. The molecule has 1 unspecified atom stereocenters. The second-order valence-electron chi connectivity index (χ2n) is 7.01. The van der Waals surface area contributed by atoms with E-state index in [1.165, 1.54) is 11.1 Å². The van der Waals surface area contributed by atoms with Crippen molar-refractivity contribution in [3.05, 3.63) is 71.3 Å². The molecule has 0 aliphatic carbocycles. The van der Waals surface area contributed by atoms with Crippen LogP contribution < -0.4 is 0 Å². The number of carbonyl (C=O) groups is 2. The van der Waals surface area contributed by atoms with Crippen LogP contribution in [0.15, 0.2) is 54.6 Å². The SMILES string of the molecule is CCC(C=O)c1ccccc1.CCc1ccc(CC(C)(C)C=O)cc1. The second kappa shape index (κ2) is 10.6. The van der Waals surface area contributed by atoms with E-state index in [0.717, 1.165) is 37.4 Å². The lowest BCUT2D eigenvalue weighted by Gasteiger charge is -2.16. The van der Waals surface area contributed by atoms with E-state index in [4.69, 9.17) is 0 Å². The van der Waals surface area contributed by atoms with Gasteiger partial charge in [-0.05, 0) is 36.0 Å². The largest absolute Gasteiger partial charge is 0.303 e. The van der Waals surface area contributed by atoms with Crippen molar-refractivity contribution >= 4 is 12.6 Å². The highest BCUT2D eigenvalue weighted by atomic mass is 16.1. The molecule has 2 heteroatoms. The summed E-state index contributed by atoms with van der Waals surface area (Å²) in [6, 6.07) is 18.4. The molecule has 0 radical (unpaired) electrons. The van der Waals surface area contributed by atoms with Gasteiger partial charge in [-0.2, -0.15) is 0 Å². The average Bonchev–Trinajstić information content (AvgIpc) is 2.64. The summed E-state index contributed by atoms with van der Waals surface area (Å²) in [4.78, 5) is 21.3. The molecule has 0 saturated heterocycles. The molecule has 0 bridgehead atoms. The molecule has 2 nitrogen and oxygen atoms in total. The number of benzene rings is 2. The van der Waals surface area contributed by atoms with Crippen molar-refractivity contribution in [2.24, 2.45) is 5.41 Å². The third-order valence-corrected chi connectivity index (χ3v) is 4.24. The van der Waals surface area contributed by atoms with Crippen molar-refractivity contribution in [1.29, 1.82) is 0 Å². The Hall–Kier alpha value is -2.22. The van der Waals surface area contributed by atoms with Gasteiger partial charge in [-0.3, -0.25) is 0 Å². The highest BCUT2D eigenvalue weighted by Crippen LogP contribution is 2.19. The molecule has 0 saturated carbocycles. The molecule has 0 amide bonds. The first-order valence-electron chi connectivity index (χ1n) is 9.00. The minimum atomic E-state index is -0.242. The fraction of sp³-hybridized carbons (Fsp3) is 0.391. The van der Waals surface area contributed by atoms with Crippen molar-refractivity contribution < 1.29 is 9.59 Å². The lowest BCUT2D eigenvalue weighted by molar-refractivity contribution is -0.114. The van der Waals surface area contributed by atoms with E-state index in [1.807, 2.05) is 51.1 Å². The van der Waals surface area contributed by atoms with Gasteiger partial charge < -0.3 is 9.59 Å². The first-order valence-corrected chi connectivity index (χ1v) is 9.00. The van der Waals surface area contributed by atoms with E-state index in [-0.39, 0.29) is 11.3 Å². The first kappa shape index (κ1) is 20.8. The van der Waals surface area contributed by atoms with E-state index in [1.54, 1.807) is 0 Å². The zero-order valence-corrected chi connectivity index (χ0v) is 15.9. The van der Waals surface area contributed by atoms with Crippen LogP contribution in [0.5, 0.6) is 0 Å². The van der Waals surface area contributed by atoms with Crippen LogP contribution in [0.1, 0.15) is 56.7 Å². The van der Waals surface area contributed by atoms with E-state index in [9.17, 15) is 9.59 Å². The van der Waals surface area contributed by atoms with Gasteiger partial charge in [0.1, 0.15) is 12.6 Å². The Kier molecular flexibility index (Phi) is 8.83. The van der Waals surface area contributed by atoms with Crippen LogP contribution in [0.4, 0.5) is 0 Å². The van der Waals surface area contributed by atoms with Gasteiger partial charge in [-0.1, -0.05) is 82.3 Å². The van der Waals surface area contributed by atoms with Gasteiger partial charge in [0.2, 0.25) is 0 Å². The van der Waals surface area contributed by atoms with Gasteiger partial charge in [0.25, 0.3) is 0 Å². The summed E-state index contributed by atoms with van der Waals surface area (Å²) >= 11 is 0. The Morgan fingerprint density at radius 2 is 1.44 bits per heavy atom. The molecular weight excluding hydrogens is 308 g/mol. The van der Waals surface area contributed by atoms with Gasteiger partial charge in [-0.15, -0.1) is 0 Å². The Balaban J connectivity index is 0.000000257. The molecule has 0 aliphatic rings. The van der Waals surface area contributed by atoms with Gasteiger partial charge in [0, 0.05) is 11.3 Å². The number of aryl methyl sites for hydroxylation is 1. The molecule has 2 aromatic carbocycles. The minimum absolute atomic E-state index is 0.0798. The monoisotopic (exact) mass is 338 g/mol. The zero-order valence-electron chi connectivity index (χ0n) is 15.9. The molecule has 1 atom stereocenters. The van der Waals surface area contributed by atoms with E-state index in [2.05, 4.69) is 31.2 Å². The lowest BCUT2D eigenvalue weighted by atomic mass is 9.87. The van der Waals surface area contributed by atoms with Gasteiger partial charge in [0.15, 0.2) is 0 Å². The molecule has 0 aliphatic heterocycles. The summed E-state index contributed by atoms with van der Waals surface area (Å²) in [6.07, 6.45) is 4.81. The summed E-state index contributed by atoms with van der Waals surface area (Å²) in [5.41, 5.74) is 3.45. The molecule has 0 aromatic heterocycles. The van der Waals surface area contributed by atoms with Gasteiger partial charge >= 0.3 is 0 Å². The van der Waals surface area contributed by atoms with Crippen LogP contribution in [0.25, 0.3) is 0 Å². The maximum absolute atomic E-state index is 10.8. The molecule has 25 heavy (non-hydrogen) atoms. The van der Waals surface area contributed by atoms with Crippen LogP contribution in [0.2, 0.25) is 0 Å². The highest BCUT2D eigenvalue weighted by Gasteiger charge is 2.16. The third kappa shape index (κ3) is 7.47. The predicted octanol–water partition coefficient (Wildman–Crippen LogP) is 5.40. The number of hydrogen-bond donors (Lipinski definition) is 0. The molecule has 0 N–H and O–H groups in total. The van der Waals surface area contributed by atoms with E-state index in [0.29, 0.717) is 0 Å². The zero-order chi connectivity index (χ0) is 18.7. The predicted molar refractivity (Wildman–Crippen MR) is 105 cm³/mol. The smallest absolute Gasteiger partial charge is 0.127 e. The Morgan fingerprint density at radius 1 is 0.880 bits per heavy atom. The standard InChI is InChI=1S/C13H18O.C10H12O/c1-4-11-5-7-12(8-6-11)9-13(2,3)10-14;1-2-9(8-11)10-6-4-3-5-7-10/h5-8,10H,4,9H2,1-3H3;3-9H,2H2,1H3. The van der Waals surface area contributed by atoms with Crippen LogP contribution >= 0.6 is 0 Å². The molecule has 0 spiro atoms. The fourth-order valence-electron chi connectivity index (χ4n) is 2.57. The highest BCUT2D eigenvalue weighted by molar-refractivity contribution is 5.61. The van der Waals surface area contributed by atoms with Gasteiger partial charge in [-0.25, -0.2) is 0 Å². The topological polar surface area (TPSA) is 34.1 Å². The van der Waals surface area contributed by atoms with Crippen molar-refractivity contribution in [1.82, 2.24) is 0 Å². The van der Waals surface area contributed by atoms with E-state index >= 15 is 0 Å². The quantitative estimate of drug-likeness (QED) is 0.634. The molecule has 134 valence electrons. The van der Waals surface area contributed by atoms with Crippen molar-refractivity contribution in [2.75, 3.05) is 0 Å². The van der Waals surface area contributed by atoms with Crippen LogP contribution in [0, 0.1) is 5.41 Å². The molecule has 0 heterocycles. The normalized spacial score (nSPS) is 11.8. The van der Waals surface area contributed by atoms with Gasteiger partial charge in [0.05, 0.1) is 0 Å². The van der Waals surface area contributed by atoms with Crippen molar-refractivity contribution in [2.45, 2.75) is 52.9 Å². The molecular formula is C23H30O2. The number of rotatable bonds is 7. The van der Waals surface area contributed by atoms with Crippen LogP contribution in [-0.4, -0.2) is 12.6 Å². The average molecular weight is 338 g/mol. The third-order valence-electron chi connectivity index (χ3n) is 4.24. The minimum Gasteiger partial charge on any atom is -0.303 e. The van der Waals surface area contributed by atoms with E-state index < -0.39 is 0 Å². The number of carbonyl (C=O) groups excluding carboxylic acids is 2. The summed E-state index contributed by atoms with van der Waals surface area (Å²) in [5, 5.41) is 0. The summed E-state index contributed by atoms with van der Waals surface area (Å²) in [7, 11) is 0. The number of hydrogen-bond acceptors (Lipinski definition) is 2. The summed E-state index contributed by atoms with van der Waals surface area (Å²) < 4.78 is 0. The van der Waals surface area contributed by atoms with Crippen molar-refractivity contribution in [3.8, 4) is 0 Å². The van der Waals surface area contributed by atoms with Crippen LogP contribution in [-0.2, 0) is 22.4 Å². The maximum Gasteiger partial charge on any atom is 0.127 e. The fourth-order valence-corrected chi connectivity index (χ4v) is 2.57. The Labute approximate surface area is 152 Å². The first-order chi connectivity index (χ1) is 12.0. The van der Waals surface area contributed by atoms with Crippen LogP contribution in [0.3, 0.4) is 0 Å². The summed E-state index contributed by atoms with van der Waals surface area (Å²) in [6.45, 7) is 8.10. The van der Waals surface area contributed by atoms with Crippen molar-refractivity contribution in [3.63, 3.8) is 0 Å². The maximum atomic E-state index is 10.8. The molecule has 2 rings (SSSR count). The Morgan fingerprint density at radius 3 is 1.88 bits per heavy atom. The molecule has 0 fully saturated rings. The second-order valence-corrected chi connectivity index (χ2v) is 7.01. The Bertz CT molecular complexity index is 627. The molecule has 2 aromatic rings. The lowest BCUT2D eigenvalue weighted by Crippen LogP contribution is -2.16.